The first-order valence-electron chi connectivity index (χ1n) is 14.8. The third-order valence-corrected chi connectivity index (χ3v) is 10.6. The van der Waals surface area contributed by atoms with E-state index in [2.05, 4.69) is 27.3 Å². The molecule has 2 amide bonds. The molecular weight excluding hydrogens is 626 g/mol. The summed E-state index contributed by atoms with van der Waals surface area (Å²) in [5.74, 6) is -1.80. The molecule has 240 valence electrons. The van der Waals surface area contributed by atoms with Crippen molar-refractivity contribution in [3.05, 3.63) is 58.5 Å². The number of nitrogens with zero attached hydrogens (tertiary/aromatic N) is 5. The van der Waals surface area contributed by atoms with Crippen molar-refractivity contribution in [2.45, 2.75) is 44.9 Å². The van der Waals surface area contributed by atoms with Gasteiger partial charge in [0.05, 0.1) is 15.8 Å². The number of carbonyl (C=O) groups excluding carboxylic acids is 3. The molecule has 3 fully saturated rings. The zero-order chi connectivity index (χ0) is 32.3. The number of hydrogen-bond donors (Lipinski definition) is 3. The van der Waals surface area contributed by atoms with Gasteiger partial charge in [-0.05, 0) is 44.2 Å². The van der Waals surface area contributed by atoms with Gasteiger partial charge in [0.2, 0.25) is 11.8 Å². The minimum atomic E-state index is -4.63. The van der Waals surface area contributed by atoms with Gasteiger partial charge in [-0.25, -0.2) is 4.39 Å². The number of amides is 2. The Morgan fingerprint density at radius 3 is 2.56 bits per heavy atom. The van der Waals surface area contributed by atoms with Crippen LogP contribution in [0.15, 0.2) is 36.4 Å². The van der Waals surface area contributed by atoms with Crippen molar-refractivity contribution in [2.24, 2.45) is 5.41 Å². The first-order chi connectivity index (χ1) is 21.3. The maximum Gasteiger partial charge on any atom is 0.356 e. The average Bonchev–Trinajstić information content (AvgIpc) is 3.39. The number of halogens is 2. The van der Waals surface area contributed by atoms with Gasteiger partial charge in [-0.15, -0.1) is 0 Å². The Kier molecular flexibility index (Phi) is 8.38. The van der Waals surface area contributed by atoms with Crippen molar-refractivity contribution in [3.63, 3.8) is 0 Å². The third kappa shape index (κ3) is 6.17. The summed E-state index contributed by atoms with van der Waals surface area (Å²) in [5.41, 5.74) is 0.263. The number of aromatic nitrogens is 2. The van der Waals surface area contributed by atoms with E-state index in [-0.39, 0.29) is 57.4 Å². The molecule has 0 bridgehead atoms. The molecule has 15 heteroatoms. The molecule has 3 aromatic rings. The molecule has 45 heavy (non-hydrogen) atoms. The Balaban J connectivity index is 1.28. The van der Waals surface area contributed by atoms with Crippen LogP contribution < -0.4 is 10.6 Å². The van der Waals surface area contributed by atoms with Gasteiger partial charge in [-0.3, -0.25) is 23.6 Å². The molecule has 0 radical (unpaired) electrons. The molecule has 3 heterocycles. The quantitative estimate of drug-likeness (QED) is 0.231. The van der Waals surface area contributed by atoms with E-state index in [1.54, 1.807) is 11.0 Å². The van der Waals surface area contributed by atoms with Crippen LogP contribution in [0.1, 0.15) is 35.8 Å². The number of benzene rings is 2. The van der Waals surface area contributed by atoms with Crippen LogP contribution in [0.3, 0.4) is 0 Å². The molecule has 2 aliphatic heterocycles. The SMILES string of the molecule is CC(=O)c1nn(CC(=O)N2[C@H](C(=O)NCc3cccc(Cl)c3F)C[C@@]3(CN4CCN(C)CC4)C[C@@H]23)c2cc(P(=O)(O)O)ccc12. The second-order valence-electron chi connectivity index (χ2n) is 12.4. The van der Waals surface area contributed by atoms with Crippen LogP contribution in [0.5, 0.6) is 0 Å². The van der Waals surface area contributed by atoms with Gasteiger partial charge in [-0.2, -0.15) is 5.10 Å². The second kappa shape index (κ2) is 11.9. The highest BCUT2D eigenvalue weighted by Crippen LogP contribution is 2.60. The number of hydrogen-bond acceptors (Lipinski definition) is 7. The highest BCUT2D eigenvalue weighted by molar-refractivity contribution is 7.60. The number of fused-ring (bicyclic) bond motifs is 2. The van der Waals surface area contributed by atoms with E-state index in [1.165, 1.54) is 41.9 Å². The first-order valence-corrected chi connectivity index (χ1v) is 16.8. The van der Waals surface area contributed by atoms with Gasteiger partial charge < -0.3 is 29.8 Å². The molecular formula is C30H35ClFN6O6P. The Labute approximate surface area is 264 Å². The van der Waals surface area contributed by atoms with Gasteiger partial charge in [0.1, 0.15) is 24.1 Å². The van der Waals surface area contributed by atoms with Crippen molar-refractivity contribution in [3.8, 4) is 0 Å². The predicted molar refractivity (Wildman–Crippen MR) is 165 cm³/mol. The monoisotopic (exact) mass is 660 g/mol. The Morgan fingerprint density at radius 2 is 1.87 bits per heavy atom. The van der Waals surface area contributed by atoms with Crippen LogP contribution in [0, 0.1) is 11.2 Å². The van der Waals surface area contributed by atoms with Crippen molar-refractivity contribution < 1.29 is 33.1 Å². The summed E-state index contributed by atoms with van der Waals surface area (Å²) < 4.78 is 27.8. The maximum absolute atomic E-state index is 14.5. The zero-order valence-corrected chi connectivity index (χ0v) is 26.6. The van der Waals surface area contributed by atoms with E-state index in [1.807, 2.05) is 0 Å². The lowest BCUT2D eigenvalue weighted by Gasteiger charge is -2.34. The smallest absolute Gasteiger partial charge is 0.350 e. The summed E-state index contributed by atoms with van der Waals surface area (Å²) in [5, 5.41) is 7.18. The van der Waals surface area contributed by atoms with Crippen LogP contribution in [-0.4, -0.2) is 104 Å². The number of rotatable bonds is 9. The average molecular weight is 661 g/mol. The van der Waals surface area contributed by atoms with E-state index in [0.717, 1.165) is 39.1 Å². The van der Waals surface area contributed by atoms with Crippen molar-refractivity contribution in [1.82, 2.24) is 29.8 Å². The fourth-order valence-electron chi connectivity index (χ4n) is 6.81. The van der Waals surface area contributed by atoms with Gasteiger partial charge in [0, 0.05) is 68.6 Å². The highest BCUT2D eigenvalue weighted by Gasteiger charge is 2.67. The highest BCUT2D eigenvalue weighted by atomic mass is 35.5. The lowest BCUT2D eigenvalue weighted by molar-refractivity contribution is -0.140. The molecule has 2 saturated heterocycles. The van der Waals surface area contributed by atoms with E-state index in [9.17, 15) is 33.1 Å². The van der Waals surface area contributed by atoms with Gasteiger partial charge >= 0.3 is 7.60 Å². The zero-order valence-electron chi connectivity index (χ0n) is 24.9. The van der Waals surface area contributed by atoms with Gasteiger partial charge in [0.15, 0.2) is 5.78 Å². The number of carbonyl (C=O) groups is 3. The molecule has 2 aromatic carbocycles. The fraction of sp³-hybridized carbons (Fsp3) is 0.467. The lowest BCUT2D eigenvalue weighted by Crippen LogP contribution is -2.48. The minimum Gasteiger partial charge on any atom is -0.350 e. The van der Waals surface area contributed by atoms with Crippen LogP contribution in [0.4, 0.5) is 4.39 Å². The lowest BCUT2D eigenvalue weighted by atomic mass is 9.97. The number of piperazine rings is 1. The molecule has 1 aromatic heterocycles. The summed E-state index contributed by atoms with van der Waals surface area (Å²) in [6.07, 6.45) is 1.18. The van der Waals surface area contributed by atoms with Crippen LogP contribution in [-0.2, 0) is 27.2 Å². The van der Waals surface area contributed by atoms with E-state index < -0.39 is 31.3 Å². The van der Waals surface area contributed by atoms with E-state index in [0.29, 0.717) is 11.8 Å². The summed E-state index contributed by atoms with van der Waals surface area (Å²) in [7, 11) is -2.55. The van der Waals surface area contributed by atoms with Crippen LogP contribution in [0.2, 0.25) is 5.02 Å². The maximum atomic E-state index is 14.5. The van der Waals surface area contributed by atoms with Crippen molar-refractivity contribution in [1.29, 1.82) is 0 Å². The number of Topliss-reactive ketones (excluding diaryl/α,β-unsaturated/α-hetero) is 1. The Bertz CT molecular complexity index is 1740. The van der Waals surface area contributed by atoms with Crippen LogP contribution >= 0.6 is 19.2 Å². The summed E-state index contributed by atoms with van der Waals surface area (Å²) in [6, 6.07) is 7.45. The molecule has 1 saturated carbocycles. The first kappa shape index (κ1) is 31.8. The molecule has 1 aliphatic carbocycles. The molecule has 12 nitrogen and oxygen atoms in total. The number of piperidine rings is 1. The van der Waals surface area contributed by atoms with Crippen molar-refractivity contribution >= 4 is 53.0 Å². The third-order valence-electron chi connectivity index (χ3n) is 9.32. The van der Waals surface area contributed by atoms with Gasteiger partial charge in [-0.1, -0.05) is 23.7 Å². The minimum absolute atomic E-state index is 0.0509. The molecule has 3 N–H and O–H groups in total. The number of likely N-dealkylation sites (N-methyl/N-ethyl adjacent to an activating group) is 1. The summed E-state index contributed by atoms with van der Waals surface area (Å²) >= 11 is 5.92. The molecule has 3 aliphatic rings. The summed E-state index contributed by atoms with van der Waals surface area (Å²) in [4.78, 5) is 65.8. The standard InChI is InChI=1S/C30H35ClFN6O6P/c1-18(39)28-21-7-6-20(45(42,43)44)12-23(21)37(34-28)16-26(40)38-24(29(41)33-15-19-4-3-5-22(31)27(19)32)13-30(14-25(30)38)17-36-10-8-35(2)9-11-36/h3-7,12,24-25H,8-11,13-17H2,1-2H3,(H,33,41)(H2,42,43,44)/t24-,25+,30-/m0/s1. The number of ketones is 1. The normalized spacial score (nSPS) is 23.7. The largest absolute Gasteiger partial charge is 0.356 e. The van der Waals surface area contributed by atoms with E-state index in [4.69, 9.17) is 11.6 Å². The molecule has 6 rings (SSSR count). The number of nitrogens with one attached hydrogen (secondary N) is 1. The molecule has 0 unspecified atom stereocenters. The van der Waals surface area contributed by atoms with E-state index >= 15 is 0 Å². The summed E-state index contributed by atoms with van der Waals surface area (Å²) in [6.45, 7) is 5.26. The Morgan fingerprint density at radius 1 is 1.13 bits per heavy atom. The van der Waals surface area contributed by atoms with Crippen molar-refractivity contribution in [2.75, 3.05) is 39.8 Å². The fourth-order valence-corrected chi connectivity index (χ4v) is 7.56. The molecule has 3 atom stereocenters. The predicted octanol–water partition coefficient (Wildman–Crippen LogP) is 1.76. The van der Waals surface area contributed by atoms with Crippen LogP contribution in [0.25, 0.3) is 10.9 Å². The Hall–Kier alpha value is -3.19. The topological polar surface area (TPSA) is 148 Å². The molecule has 0 spiro atoms. The number of likely N-dealkylation sites (tertiary alicyclic amines) is 1. The van der Waals surface area contributed by atoms with Gasteiger partial charge in [0.25, 0.3) is 0 Å². The second-order valence-corrected chi connectivity index (χ2v) is 14.4.